The normalized spacial score (nSPS) is 14.8. The van der Waals surface area contributed by atoms with Gasteiger partial charge in [-0.1, -0.05) is 32.4 Å². The number of hydrogen-bond acceptors (Lipinski definition) is 7. The van der Waals surface area contributed by atoms with E-state index in [-0.39, 0.29) is 16.9 Å². The van der Waals surface area contributed by atoms with Gasteiger partial charge < -0.3 is 19.7 Å². The summed E-state index contributed by atoms with van der Waals surface area (Å²) in [7, 11) is -0.0411. The van der Waals surface area contributed by atoms with E-state index in [0.29, 0.717) is 33.7 Å². The zero-order valence-corrected chi connectivity index (χ0v) is 26.5. The number of carbonyl (C=O) groups is 1. The first kappa shape index (κ1) is 31.6. The maximum Gasteiger partial charge on any atom is 0.255 e. The van der Waals surface area contributed by atoms with Crippen LogP contribution in [0.1, 0.15) is 55.2 Å². The number of hydrogen-bond donors (Lipinski definition) is 2. The Labute approximate surface area is 253 Å². The number of anilines is 2. The molecule has 2 heterocycles. The molecule has 3 aromatic rings. The van der Waals surface area contributed by atoms with Crippen LogP contribution in [0, 0.1) is 5.92 Å². The second-order valence-electron chi connectivity index (χ2n) is 11.9. The van der Waals surface area contributed by atoms with Crippen LogP contribution in [0.25, 0.3) is 0 Å². The predicted molar refractivity (Wildman–Crippen MR) is 168 cm³/mol. The quantitative estimate of drug-likeness (QED) is 0.289. The number of halogens is 1. The van der Waals surface area contributed by atoms with E-state index in [1.807, 2.05) is 26.8 Å². The Morgan fingerprint density at radius 2 is 1.79 bits per heavy atom. The van der Waals surface area contributed by atoms with Gasteiger partial charge >= 0.3 is 0 Å². The van der Waals surface area contributed by atoms with Crippen molar-refractivity contribution < 1.29 is 22.7 Å². The second kappa shape index (κ2) is 12.9. The third-order valence-corrected chi connectivity index (χ3v) is 8.15. The smallest absolute Gasteiger partial charge is 0.255 e. The molecule has 1 fully saturated rings. The summed E-state index contributed by atoms with van der Waals surface area (Å²) in [5, 5.41) is 3.23. The van der Waals surface area contributed by atoms with Crippen LogP contribution in [0.5, 0.6) is 17.2 Å². The first-order valence-corrected chi connectivity index (χ1v) is 16.1. The lowest BCUT2D eigenvalue weighted by Crippen LogP contribution is -2.31. The van der Waals surface area contributed by atoms with Gasteiger partial charge in [0.15, 0.2) is 5.75 Å². The summed E-state index contributed by atoms with van der Waals surface area (Å²) < 4.78 is 38.2. The molecule has 0 bridgehead atoms. The summed E-state index contributed by atoms with van der Waals surface area (Å²) in [6.45, 7) is 8.16. The van der Waals surface area contributed by atoms with Gasteiger partial charge in [0, 0.05) is 23.5 Å². The minimum atomic E-state index is -3.60. The molecule has 0 spiro atoms. The Hall–Kier alpha value is -3.34. The highest BCUT2D eigenvalue weighted by molar-refractivity contribution is 7.92. The maximum atomic E-state index is 13.4. The van der Waals surface area contributed by atoms with Gasteiger partial charge in [0.25, 0.3) is 5.91 Å². The van der Waals surface area contributed by atoms with Crippen molar-refractivity contribution in [2.45, 2.75) is 45.4 Å². The van der Waals surface area contributed by atoms with Crippen LogP contribution in [0.3, 0.4) is 0 Å². The Kier molecular flexibility index (Phi) is 9.70. The number of benzene rings is 2. The average molecular weight is 615 g/mol. The molecule has 2 N–H and O–H groups in total. The number of rotatable bonds is 9. The molecule has 9 nitrogen and oxygen atoms in total. The molecule has 1 aliphatic rings. The van der Waals surface area contributed by atoms with E-state index in [1.165, 1.54) is 7.11 Å². The van der Waals surface area contributed by atoms with Crippen molar-refractivity contribution in [1.29, 1.82) is 0 Å². The molecule has 226 valence electrons. The van der Waals surface area contributed by atoms with E-state index in [9.17, 15) is 13.2 Å². The highest BCUT2D eigenvalue weighted by Crippen LogP contribution is 2.39. The second-order valence-corrected chi connectivity index (χ2v) is 14.0. The highest BCUT2D eigenvalue weighted by atomic mass is 35.5. The first-order valence-electron chi connectivity index (χ1n) is 13.8. The molecule has 2 aromatic carbocycles. The van der Waals surface area contributed by atoms with E-state index in [0.717, 1.165) is 49.9 Å². The lowest BCUT2D eigenvalue weighted by atomic mass is 9.86. The van der Waals surface area contributed by atoms with Crippen molar-refractivity contribution in [3.63, 3.8) is 0 Å². The topological polar surface area (TPSA) is 110 Å². The number of sulfonamides is 1. The standard InChI is InChI=1S/C31H39ClN4O5S/c1-31(2,3)22-17-26(29(40-5)27(18-22)35-42(6,38)39)34-30(37)21-7-8-25(32)28(16-21)41-24-9-12-33-23(19-24)15-20-10-13-36(4)14-11-20/h7-9,12,16-20,35H,10-11,13-15H2,1-6H3,(H,34,37). The summed E-state index contributed by atoms with van der Waals surface area (Å²) in [4.78, 5) is 20.3. The van der Waals surface area contributed by atoms with Gasteiger partial charge in [0.2, 0.25) is 10.0 Å². The van der Waals surface area contributed by atoms with Crippen molar-refractivity contribution in [1.82, 2.24) is 9.88 Å². The van der Waals surface area contributed by atoms with E-state index in [4.69, 9.17) is 21.1 Å². The van der Waals surface area contributed by atoms with E-state index < -0.39 is 15.9 Å². The number of piperidine rings is 1. The van der Waals surface area contributed by atoms with Crippen molar-refractivity contribution in [2.24, 2.45) is 5.92 Å². The third kappa shape index (κ3) is 8.36. The molecule has 42 heavy (non-hydrogen) atoms. The van der Waals surface area contributed by atoms with E-state index >= 15 is 0 Å². The number of likely N-dealkylation sites (tertiary alicyclic amines) is 1. The number of carbonyl (C=O) groups excluding carboxylic acids is 1. The van der Waals surface area contributed by atoms with Crippen LogP contribution in [0.4, 0.5) is 11.4 Å². The van der Waals surface area contributed by atoms with Crippen LogP contribution >= 0.6 is 11.6 Å². The molecule has 0 unspecified atom stereocenters. The lowest BCUT2D eigenvalue weighted by molar-refractivity contribution is 0.102. The summed E-state index contributed by atoms with van der Waals surface area (Å²) in [5.74, 6) is 1.26. The Morgan fingerprint density at radius 1 is 1.10 bits per heavy atom. The van der Waals surface area contributed by atoms with Gasteiger partial charge in [-0.3, -0.25) is 14.5 Å². The number of methoxy groups -OCH3 is 1. The van der Waals surface area contributed by atoms with E-state index in [1.54, 1.807) is 42.6 Å². The SMILES string of the molecule is COc1c(NC(=O)c2ccc(Cl)c(Oc3ccnc(CC4CCN(C)CC4)c3)c2)cc(C(C)(C)C)cc1NS(C)(=O)=O. The maximum absolute atomic E-state index is 13.4. The molecule has 11 heteroatoms. The fourth-order valence-electron chi connectivity index (χ4n) is 4.89. The Balaban J connectivity index is 1.57. The molecule has 4 rings (SSSR count). The van der Waals surface area contributed by atoms with Gasteiger partial charge in [-0.15, -0.1) is 0 Å². The predicted octanol–water partition coefficient (Wildman–Crippen LogP) is 6.34. The number of amides is 1. The summed E-state index contributed by atoms with van der Waals surface area (Å²) in [6, 6.07) is 11.9. The fraction of sp³-hybridized carbons (Fsp3) is 0.419. The monoisotopic (exact) mass is 614 g/mol. The molecular formula is C31H39ClN4O5S. The largest absolute Gasteiger partial charge is 0.492 e. The number of nitrogens with one attached hydrogen (secondary N) is 2. The van der Waals surface area contributed by atoms with Crippen LogP contribution in [0.15, 0.2) is 48.7 Å². The molecule has 1 aliphatic heterocycles. The molecule has 0 aliphatic carbocycles. The minimum absolute atomic E-state index is 0.195. The highest BCUT2D eigenvalue weighted by Gasteiger charge is 2.23. The third-order valence-electron chi connectivity index (χ3n) is 7.25. The van der Waals surface area contributed by atoms with Crippen molar-refractivity contribution >= 4 is 38.9 Å². The molecule has 1 amide bonds. The zero-order chi connectivity index (χ0) is 30.7. The first-order chi connectivity index (χ1) is 19.7. The van der Waals surface area contributed by atoms with Crippen LogP contribution < -0.4 is 19.5 Å². The summed E-state index contributed by atoms with van der Waals surface area (Å²) in [6.07, 6.45) is 5.95. The van der Waals surface area contributed by atoms with Crippen molar-refractivity contribution in [3.8, 4) is 17.2 Å². The molecule has 0 radical (unpaired) electrons. The van der Waals surface area contributed by atoms with E-state index in [2.05, 4.69) is 27.0 Å². The Bertz CT molecular complexity index is 1550. The van der Waals surface area contributed by atoms with Crippen molar-refractivity contribution in [2.75, 3.05) is 43.5 Å². The summed E-state index contributed by atoms with van der Waals surface area (Å²) >= 11 is 6.46. The number of aromatic nitrogens is 1. The lowest BCUT2D eigenvalue weighted by Gasteiger charge is -2.28. The van der Waals surface area contributed by atoms with Crippen LogP contribution in [-0.4, -0.2) is 57.7 Å². The minimum Gasteiger partial charge on any atom is -0.492 e. The number of pyridine rings is 1. The van der Waals surface area contributed by atoms with Gasteiger partial charge in [0.1, 0.15) is 11.5 Å². The fourth-order valence-corrected chi connectivity index (χ4v) is 5.59. The van der Waals surface area contributed by atoms with Gasteiger partial charge in [-0.2, -0.15) is 0 Å². The average Bonchev–Trinajstić information content (AvgIpc) is 2.90. The molecule has 1 saturated heterocycles. The van der Waals surface area contributed by atoms with Crippen LogP contribution in [-0.2, 0) is 21.9 Å². The van der Waals surface area contributed by atoms with Gasteiger partial charge in [-0.05, 0) is 92.7 Å². The molecule has 1 aromatic heterocycles. The van der Waals surface area contributed by atoms with Crippen molar-refractivity contribution in [3.05, 3.63) is 70.5 Å². The Morgan fingerprint density at radius 3 is 2.43 bits per heavy atom. The zero-order valence-electron chi connectivity index (χ0n) is 25.0. The molecule has 0 saturated carbocycles. The van der Waals surface area contributed by atoms with Crippen LogP contribution in [0.2, 0.25) is 5.02 Å². The molecular weight excluding hydrogens is 576 g/mol. The number of nitrogens with zero attached hydrogens (tertiary/aromatic N) is 2. The summed E-state index contributed by atoms with van der Waals surface area (Å²) in [5.41, 5.74) is 2.28. The van der Waals surface area contributed by atoms with Gasteiger partial charge in [0.05, 0.1) is 29.8 Å². The number of ether oxygens (including phenoxy) is 2. The molecule has 0 atom stereocenters. The van der Waals surface area contributed by atoms with Gasteiger partial charge in [-0.25, -0.2) is 8.42 Å².